The number of para-hydroxylation sites is 2. The normalized spacial score (nSPS) is 10.3. The highest BCUT2D eigenvalue weighted by Gasteiger charge is 2.13. The molecule has 0 heterocycles. The van der Waals surface area contributed by atoms with E-state index in [2.05, 4.69) is 0 Å². The molecule has 0 aromatic heterocycles. The average Bonchev–Trinajstić information content (AvgIpc) is 2.41. The SMILES string of the molecule is CCOc1cccc(N(C)c2ccccc2F)c1N. The first kappa shape index (κ1) is 13.2. The van der Waals surface area contributed by atoms with E-state index >= 15 is 0 Å². The number of hydrogen-bond donors (Lipinski definition) is 1. The maximum atomic E-state index is 13.8. The fraction of sp³-hybridized carbons (Fsp3) is 0.200. The van der Waals surface area contributed by atoms with Gasteiger partial charge in [-0.2, -0.15) is 0 Å². The van der Waals surface area contributed by atoms with E-state index < -0.39 is 0 Å². The van der Waals surface area contributed by atoms with E-state index in [1.807, 2.05) is 19.1 Å². The zero-order chi connectivity index (χ0) is 13.8. The van der Waals surface area contributed by atoms with Gasteiger partial charge in [0.25, 0.3) is 0 Å². The fourth-order valence-electron chi connectivity index (χ4n) is 1.96. The predicted molar refractivity (Wildman–Crippen MR) is 76.5 cm³/mol. The lowest BCUT2D eigenvalue weighted by Crippen LogP contribution is -2.13. The van der Waals surface area contributed by atoms with Gasteiger partial charge < -0.3 is 15.4 Å². The highest BCUT2D eigenvalue weighted by atomic mass is 19.1. The Morgan fingerprint density at radius 3 is 2.47 bits per heavy atom. The van der Waals surface area contributed by atoms with E-state index in [-0.39, 0.29) is 5.82 Å². The van der Waals surface area contributed by atoms with Gasteiger partial charge in [0.05, 0.1) is 23.7 Å². The second kappa shape index (κ2) is 5.61. The third-order valence-electron chi connectivity index (χ3n) is 2.92. The number of benzene rings is 2. The lowest BCUT2D eigenvalue weighted by Gasteiger charge is -2.22. The van der Waals surface area contributed by atoms with Crippen LogP contribution in [0.5, 0.6) is 5.75 Å². The molecule has 0 radical (unpaired) electrons. The van der Waals surface area contributed by atoms with Crippen LogP contribution in [0.25, 0.3) is 0 Å². The van der Waals surface area contributed by atoms with Crippen molar-refractivity contribution in [3.63, 3.8) is 0 Å². The lowest BCUT2D eigenvalue weighted by atomic mass is 10.2. The van der Waals surface area contributed by atoms with E-state index in [9.17, 15) is 4.39 Å². The van der Waals surface area contributed by atoms with Crippen molar-refractivity contribution in [1.82, 2.24) is 0 Å². The van der Waals surface area contributed by atoms with E-state index in [4.69, 9.17) is 10.5 Å². The Morgan fingerprint density at radius 1 is 1.11 bits per heavy atom. The van der Waals surface area contributed by atoms with E-state index in [0.717, 1.165) is 5.69 Å². The van der Waals surface area contributed by atoms with Crippen LogP contribution in [-0.2, 0) is 0 Å². The number of nitrogens with zero attached hydrogens (tertiary/aromatic N) is 1. The topological polar surface area (TPSA) is 38.5 Å². The first-order valence-electron chi connectivity index (χ1n) is 6.14. The minimum absolute atomic E-state index is 0.286. The number of nitrogen functional groups attached to an aromatic ring is 1. The second-order valence-corrected chi connectivity index (χ2v) is 4.13. The summed E-state index contributed by atoms with van der Waals surface area (Å²) in [4.78, 5) is 1.72. The largest absolute Gasteiger partial charge is 0.492 e. The minimum atomic E-state index is -0.286. The minimum Gasteiger partial charge on any atom is -0.492 e. The summed E-state index contributed by atoms with van der Waals surface area (Å²) < 4.78 is 19.2. The lowest BCUT2D eigenvalue weighted by molar-refractivity contribution is 0.342. The molecule has 100 valence electrons. The zero-order valence-corrected chi connectivity index (χ0v) is 11.1. The Morgan fingerprint density at radius 2 is 1.79 bits per heavy atom. The average molecular weight is 260 g/mol. The van der Waals surface area contributed by atoms with E-state index in [0.29, 0.717) is 23.7 Å². The van der Waals surface area contributed by atoms with Crippen LogP contribution in [0.2, 0.25) is 0 Å². The van der Waals surface area contributed by atoms with Gasteiger partial charge in [0.15, 0.2) is 0 Å². The van der Waals surface area contributed by atoms with Crippen molar-refractivity contribution >= 4 is 17.1 Å². The molecule has 0 fully saturated rings. The summed E-state index contributed by atoms with van der Waals surface area (Å²) >= 11 is 0. The van der Waals surface area contributed by atoms with Gasteiger partial charge in [0, 0.05) is 7.05 Å². The third kappa shape index (κ3) is 2.62. The van der Waals surface area contributed by atoms with Crippen molar-refractivity contribution in [1.29, 1.82) is 0 Å². The first-order valence-corrected chi connectivity index (χ1v) is 6.14. The molecule has 0 aliphatic heterocycles. The molecule has 3 nitrogen and oxygen atoms in total. The maximum absolute atomic E-state index is 13.8. The van der Waals surface area contributed by atoms with Gasteiger partial charge in [-0.25, -0.2) is 4.39 Å². The number of anilines is 3. The van der Waals surface area contributed by atoms with Crippen LogP contribution in [0.3, 0.4) is 0 Å². The molecule has 0 bridgehead atoms. The highest BCUT2D eigenvalue weighted by Crippen LogP contribution is 2.35. The van der Waals surface area contributed by atoms with Gasteiger partial charge in [0.2, 0.25) is 0 Å². The Hall–Kier alpha value is -2.23. The number of ether oxygens (including phenoxy) is 1. The first-order chi connectivity index (χ1) is 9.15. The molecule has 19 heavy (non-hydrogen) atoms. The van der Waals surface area contributed by atoms with Gasteiger partial charge >= 0.3 is 0 Å². The fourth-order valence-corrected chi connectivity index (χ4v) is 1.96. The molecule has 0 saturated heterocycles. The summed E-state index contributed by atoms with van der Waals surface area (Å²) in [6.07, 6.45) is 0. The van der Waals surface area contributed by atoms with Gasteiger partial charge in [-0.1, -0.05) is 18.2 Å². The summed E-state index contributed by atoms with van der Waals surface area (Å²) in [5, 5.41) is 0. The molecule has 2 aromatic carbocycles. The Balaban J connectivity index is 2.42. The number of halogens is 1. The second-order valence-electron chi connectivity index (χ2n) is 4.13. The molecular weight excluding hydrogens is 243 g/mol. The summed E-state index contributed by atoms with van der Waals surface area (Å²) in [6.45, 7) is 2.43. The Kier molecular flexibility index (Phi) is 3.90. The number of hydrogen-bond acceptors (Lipinski definition) is 3. The van der Waals surface area contributed by atoms with Crippen molar-refractivity contribution in [2.75, 3.05) is 24.3 Å². The summed E-state index contributed by atoms with van der Waals surface area (Å²) in [7, 11) is 1.78. The molecule has 2 rings (SSSR count). The van der Waals surface area contributed by atoms with Crippen molar-refractivity contribution in [2.24, 2.45) is 0 Å². The van der Waals surface area contributed by atoms with Crippen LogP contribution < -0.4 is 15.4 Å². The van der Waals surface area contributed by atoms with Crippen molar-refractivity contribution in [3.8, 4) is 5.75 Å². The third-order valence-corrected chi connectivity index (χ3v) is 2.92. The van der Waals surface area contributed by atoms with Gasteiger partial charge in [0.1, 0.15) is 11.6 Å². The molecule has 2 aromatic rings. The summed E-state index contributed by atoms with van der Waals surface area (Å²) in [6, 6.07) is 12.1. The zero-order valence-electron chi connectivity index (χ0n) is 11.1. The van der Waals surface area contributed by atoms with Crippen LogP contribution in [0.1, 0.15) is 6.92 Å². The van der Waals surface area contributed by atoms with Crippen LogP contribution in [-0.4, -0.2) is 13.7 Å². The highest BCUT2D eigenvalue weighted by molar-refractivity contribution is 5.79. The molecule has 4 heteroatoms. The van der Waals surface area contributed by atoms with Crippen LogP contribution in [0, 0.1) is 5.82 Å². The number of nitrogens with two attached hydrogens (primary N) is 1. The maximum Gasteiger partial charge on any atom is 0.146 e. The molecule has 0 aliphatic rings. The molecule has 2 N–H and O–H groups in total. The Labute approximate surface area is 112 Å². The molecule has 0 saturated carbocycles. The van der Waals surface area contributed by atoms with Gasteiger partial charge in [-0.3, -0.25) is 0 Å². The van der Waals surface area contributed by atoms with Crippen molar-refractivity contribution in [2.45, 2.75) is 6.92 Å². The Bertz CT molecular complexity index is 572. The monoisotopic (exact) mass is 260 g/mol. The van der Waals surface area contributed by atoms with Gasteiger partial charge in [-0.15, -0.1) is 0 Å². The molecule has 0 amide bonds. The van der Waals surface area contributed by atoms with E-state index in [1.54, 1.807) is 36.2 Å². The van der Waals surface area contributed by atoms with Gasteiger partial charge in [-0.05, 0) is 31.2 Å². The van der Waals surface area contributed by atoms with Crippen molar-refractivity contribution in [3.05, 3.63) is 48.3 Å². The summed E-state index contributed by atoms with van der Waals surface area (Å²) in [5.74, 6) is 0.328. The molecule has 0 aliphatic carbocycles. The standard InChI is InChI=1S/C15H17FN2O/c1-3-19-14-10-6-9-13(15(14)17)18(2)12-8-5-4-7-11(12)16/h4-10H,3,17H2,1-2H3. The van der Waals surface area contributed by atoms with E-state index in [1.165, 1.54) is 6.07 Å². The smallest absolute Gasteiger partial charge is 0.146 e. The number of rotatable bonds is 4. The van der Waals surface area contributed by atoms with Crippen molar-refractivity contribution < 1.29 is 9.13 Å². The van der Waals surface area contributed by atoms with Crippen LogP contribution in [0.4, 0.5) is 21.5 Å². The molecular formula is C15H17FN2O. The quantitative estimate of drug-likeness (QED) is 0.854. The summed E-state index contributed by atoms with van der Waals surface area (Å²) in [5.41, 5.74) is 7.77. The molecule has 0 atom stereocenters. The van der Waals surface area contributed by atoms with Crippen LogP contribution in [0.15, 0.2) is 42.5 Å². The van der Waals surface area contributed by atoms with Crippen LogP contribution >= 0.6 is 0 Å². The molecule has 0 spiro atoms. The molecule has 0 unspecified atom stereocenters. The predicted octanol–water partition coefficient (Wildman–Crippen LogP) is 3.57.